The number of para-hydroxylation sites is 1. The molecule has 4 aromatic rings. The molecule has 4 rings (SSSR count). The fourth-order valence-corrected chi connectivity index (χ4v) is 3.00. The maximum atomic E-state index is 14.0. The molecular weight excluding hydrogens is 341 g/mol. The first kappa shape index (κ1) is 17.0. The summed E-state index contributed by atoms with van der Waals surface area (Å²) in [6, 6.07) is 16.8. The van der Waals surface area contributed by atoms with Crippen LogP contribution in [0.1, 0.15) is 16.8 Å². The number of benzene rings is 2. The molecule has 6 heteroatoms. The second kappa shape index (κ2) is 7.45. The lowest BCUT2D eigenvalue weighted by Crippen LogP contribution is -2.04. The van der Waals surface area contributed by atoms with Gasteiger partial charge in [0.1, 0.15) is 11.5 Å². The minimum atomic E-state index is -0.294. The van der Waals surface area contributed by atoms with E-state index in [-0.39, 0.29) is 5.82 Å². The van der Waals surface area contributed by atoms with Crippen molar-refractivity contribution < 1.29 is 4.39 Å². The van der Waals surface area contributed by atoms with Gasteiger partial charge in [-0.2, -0.15) is 10.2 Å². The zero-order chi connectivity index (χ0) is 18.6. The van der Waals surface area contributed by atoms with Gasteiger partial charge in [-0.05, 0) is 24.6 Å². The predicted octanol–water partition coefficient (Wildman–Crippen LogP) is 4.18. The number of hydrogen-bond acceptors (Lipinski definition) is 3. The molecular formula is C21H20FN5. The van der Waals surface area contributed by atoms with Crippen LogP contribution in [-0.4, -0.2) is 19.6 Å². The van der Waals surface area contributed by atoms with E-state index in [0.717, 1.165) is 23.5 Å². The maximum Gasteiger partial charge on any atom is 0.148 e. The molecule has 0 bridgehead atoms. The van der Waals surface area contributed by atoms with Gasteiger partial charge >= 0.3 is 0 Å². The third-order valence-electron chi connectivity index (χ3n) is 4.45. The Morgan fingerprint density at radius 1 is 0.926 bits per heavy atom. The number of nitrogens with zero attached hydrogens (tertiary/aromatic N) is 4. The summed E-state index contributed by atoms with van der Waals surface area (Å²) in [7, 11) is 0. The number of anilines is 1. The third-order valence-corrected chi connectivity index (χ3v) is 4.45. The van der Waals surface area contributed by atoms with Crippen molar-refractivity contribution in [1.82, 2.24) is 19.6 Å². The predicted molar refractivity (Wildman–Crippen MR) is 103 cm³/mol. The van der Waals surface area contributed by atoms with Crippen molar-refractivity contribution in [2.45, 2.75) is 20.0 Å². The first-order valence-corrected chi connectivity index (χ1v) is 8.79. The van der Waals surface area contributed by atoms with E-state index in [1.807, 2.05) is 42.2 Å². The molecule has 2 aromatic heterocycles. The summed E-state index contributed by atoms with van der Waals surface area (Å²) < 4.78 is 17.5. The fraction of sp³-hybridized carbons (Fsp3) is 0.143. The quantitative estimate of drug-likeness (QED) is 0.560. The summed E-state index contributed by atoms with van der Waals surface area (Å²) in [5.74, 6) is -0.294. The van der Waals surface area contributed by atoms with Crippen molar-refractivity contribution in [3.63, 3.8) is 0 Å². The summed E-state index contributed by atoms with van der Waals surface area (Å²) in [6.45, 7) is 3.28. The lowest BCUT2D eigenvalue weighted by molar-refractivity contribution is 0.608. The van der Waals surface area contributed by atoms with E-state index in [1.165, 1.54) is 11.6 Å². The van der Waals surface area contributed by atoms with E-state index < -0.39 is 0 Å². The molecule has 0 aliphatic heterocycles. The number of nitrogens with one attached hydrogen (secondary N) is 1. The molecule has 0 aliphatic carbocycles. The van der Waals surface area contributed by atoms with Crippen molar-refractivity contribution in [3.8, 4) is 5.69 Å². The molecule has 136 valence electrons. The Kier molecular flexibility index (Phi) is 4.70. The largest absolute Gasteiger partial charge is 0.378 e. The molecule has 1 N–H and O–H groups in total. The highest BCUT2D eigenvalue weighted by Gasteiger charge is 2.11. The van der Waals surface area contributed by atoms with Gasteiger partial charge in [-0.25, -0.2) is 9.07 Å². The summed E-state index contributed by atoms with van der Waals surface area (Å²) in [6.07, 6.45) is 5.60. The summed E-state index contributed by atoms with van der Waals surface area (Å²) in [4.78, 5) is 0. The minimum Gasteiger partial charge on any atom is -0.378 e. The molecule has 5 nitrogen and oxygen atoms in total. The molecule has 0 saturated heterocycles. The smallest absolute Gasteiger partial charge is 0.148 e. The van der Waals surface area contributed by atoms with E-state index in [1.54, 1.807) is 29.1 Å². The zero-order valence-corrected chi connectivity index (χ0v) is 15.0. The molecule has 0 radical (unpaired) electrons. The molecule has 0 atom stereocenters. The molecule has 0 amide bonds. The zero-order valence-electron chi connectivity index (χ0n) is 15.0. The Morgan fingerprint density at radius 3 is 2.52 bits per heavy atom. The second-order valence-electron chi connectivity index (χ2n) is 6.39. The van der Waals surface area contributed by atoms with Crippen LogP contribution in [0.3, 0.4) is 0 Å². The van der Waals surface area contributed by atoms with Crippen LogP contribution >= 0.6 is 0 Å². The molecule has 2 heterocycles. The molecule has 0 spiro atoms. The summed E-state index contributed by atoms with van der Waals surface area (Å²) in [5.41, 5.74) is 4.45. The highest BCUT2D eigenvalue weighted by molar-refractivity contribution is 5.50. The van der Waals surface area contributed by atoms with Gasteiger partial charge in [0.25, 0.3) is 0 Å². The van der Waals surface area contributed by atoms with Crippen LogP contribution in [0.25, 0.3) is 5.69 Å². The molecule has 0 unspecified atom stereocenters. The van der Waals surface area contributed by atoms with Gasteiger partial charge in [0.2, 0.25) is 0 Å². The van der Waals surface area contributed by atoms with E-state index in [2.05, 4.69) is 27.6 Å². The van der Waals surface area contributed by atoms with Gasteiger partial charge in [0, 0.05) is 18.3 Å². The van der Waals surface area contributed by atoms with Crippen molar-refractivity contribution in [2.24, 2.45) is 0 Å². The highest BCUT2D eigenvalue weighted by Crippen LogP contribution is 2.20. The Bertz CT molecular complexity index is 1040. The second-order valence-corrected chi connectivity index (χ2v) is 6.39. The lowest BCUT2D eigenvalue weighted by atomic mass is 10.2. The van der Waals surface area contributed by atoms with E-state index in [9.17, 15) is 4.39 Å². The minimum absolute atomic E-state index is 0.294. The van der Waals surface area contributed by atoms with Crippen LogP contribution in [0.2, 0.25) is 0 Å². The Morgan fingerprint density at radius 2 is 1.70 bits per heavy atom. The monoisotopic (exact) mass is 361 g/mol. The van der Waals surface area contributed by atoms with E-state index in [4.69, 9.17) is 0 Å². The SMILES string of the molecule is Cc1c(NCc2cnn(Cc3ccccc3)c2)cnn1-c1ccccc1F. The Balaban J connectivity index is 1.43. The molecule has 0 saturated carbocycles. The van der Waals surface area contributed by atoms with Crippen LogP contribution in [0.4, 0.5) is 10.1 Å². The first-order chi connectivity index (χ1) is 13.2. The lowest BCUT2D eigenvalue weighted by Gasteiger charge is -2.07. The van der Waals surface area contributed by atoms with Crippen molar-refractivity contribution in [2.75, 3.05) is 5.32 Å². The van der Waals surface area contributed by atoms with Gasteiger partial charge in [0.15, 0.2) is 0 Å². The number of hydrogen-bond donors (Lipinski definition) is 1. The highest BCUT2D eigenvalue weighted by atomic mass is 19.1. The third kappa shape index (κ3) is 3.74. The number of aromatic nitrogens is 4. The Hall–Kier alpha value is -3.41. The molecule has 27 heavy (non-hydrogen) atoms. The van der Waals surface area contributed by atoms with Gasteiger partial charge in [-0.3, -0.25) is 4.68 Å². The van der Waals surface area contributed by atoms with Crippen LogP contribution in [0.5, 0.6) is 0 Å². The summed E-state index contributed by atoms with van der Waals surface area (Å²) >= 11 is 0. The van der Waals surface area contributed by atoms with Crippen molar-refractivity contribution in [1.29, 1.82) is 0 Å². The van der Waals surface area contributed by atoms with Gasteiger partial charge in [0.05, 0.1) is 30.3 Å². The van der Waals surface area contributed by atoms with Crippen LogP contribution in [0, 0.1) is 12.7 Å². The normalized spacial score (nSPS) is 10.9. The van der Waals surface area contributed by atoms with Gasteiger partial charge in [-0.15, -0.1) is 0 Å². The van der Waals surface area contributed by atoms with Gasteiger partial charge in [-0.1, -0.05) is 42.5 Å². The Labute approximate surface area is 157 Å². The fourth-order valence-electron chi connectivity index (χ4n) is 3.00. The topological polar surface area (TPSA) is 47.7 Å². The van der Waals surface area contributed by atoms with Gasteiger partial charge < -0.3 is 5.32 Å². The van der Waals surface area contributed by atoms with Crippen molar-refractivity contribution in [3.05, 3.63) is 95.8 Å². The standard InChI is InChI=1S/C21H20FN5/c1-16-20(13-25-27(16)21-10-6-5-9-19(21)22)23-11-18-12-24-26(15-18)14-17-7-3-2-4-8-17/h2-10,12-13,15,23H,11,14H2,1H3. The summed E-state index contributed by atoms with van der Waals surface area (Å²) in [5, 5.41) is 12.1. The molecule has 2 aromatic carbocycles. The maximum absolute atomic E-state index is 14.0. The molecule has 0 fully saturated rings. The molecule has 0 aliphatic rings. The number of rotatable bonds is 6. The van der Waals surface area contributed by atoms with E-state index >= 15 is 0 Å². The average Bonchev–Trinajstić information content (AvgIpc) is 3.28. The van der Waals surface area contributed by atoms with E-state index in [0.29, 0.717) is 12.2 Å². The van der Waals surface area contributed by atoms with Crippen LogP contribution in [-0.2, 0) is 13.1 Å². The van der Waals surface area contributed by atoms with Crippen molar-refractivity contribution >= 4 is 5.69 Å². The number of halogens is 1. The first-order valence-electron chi connectivity index (χ1n) is 8.79. The van der Waals surface area contributed by atoms with Crippen LogP contribution in [0.15, 0.2) is 73.2 Å². The van der Waals surface area contributed by atoms with Crippen LogP contribution < -0.4 is 5.32 Å². The average molecular weight is 361 g/mol.